The number of thiophene rings is 2. The van der Waals surface area contributed by atoms with Gasteiger partial charge in [0.2, 0.25) is 0 Å². The van der Waals surface area contributed by atoms with Gasteiger partial charge in [-0.3, -0.25) is 5.32 Å². The summed E-state index contributed by atoms with van der Waals surface area (Å²) in [4.78, 5) is 15.8. The zero-order valence-electron chi connectivity index (χ0n) is 11.8. The normalized spacial score (nSPS) is 17.3. The summed E-state index contributed by atoms with van der Waals surface area (Å²) < 4.78 is 2.24. The van der Waals surface area contributed by atoms with Gasteiger partial charge in [-0.05, 0) is 41.1 Å². The molecule has 1 aliphatic rings. The Morgan fingerprint density at radius 1 is 1.09 bits per heavy atom. The average Bonchev–Trinajstić information content (AvgIpc) is 3.27. The summed E-state index contributed by atoms with van der Waals surface area (Å²) in [6.45, 7) is 1.55. The van der Waals surface area contributed by atoms with E-state index in [2.05, 4.69) is 39.7 Å². The molecule has 0 radical (unpaired) electrons. The van der Waals surface area contributed by atoms with Crippen LogP contribution in [0, 0.1) is 0 Å². The molecule has 0 aliphatic carbocycles. The van der Waals surface area contributed by atoms with E-state index in [1.807, 2.05) is 28.5 Å². The number of carbonyl (C=O) groups is 1. The van der Waals surface area contributed by atoms with Crippen molar-refractivity contribution in [1.82, 2.24) is 9.47 Å². The number of fused-ring (bicyclic) bond motifs is 1. The van der Waals surface area contributed by atoms with Gasteiger partial charge in [-0.1, -0.05) is 6.07 Å². The minimum Gasteiger partial charge on any atom is -0.347 e. The van der Waals surface area contributed by atoms with Crippen molar-refractivity contribution >= 4 is 33.7 Å². The molecule has 1 N–H and O–H groups in total. The molecule has 1 atom stereocenters. The number of hydrogen-bond acceptors (Lipinski definition) is 3. The van der Waals surface area contributed by atoms with Crippen molar-refractivity contribution in [2.75, 3.05) is 11.9 Å². The summed E-state index contributed by atoms with van der Waals surface area (Å²) in [5.41, 5.74) is 1.18. The van der Waals surface area contributed by atoms with Crippen LogP contribution >= 0.6 is 22.7 Å². The molecule has 0 saturated carbocycles. The van der Waals surface area contributed by atoms with Gasteiger partial charge in [-0.15, -0.1) is 22.7 Å². The first-order chi connectivity index (χ1) is 10.8. The lowest BCUT2D eigenvalue weighted by molar-refractivity contribution is 0.183. The minimum absolute atomic E-state index is 0.0105. The first-order valence-corrected chi connectivity index (χ1v) is 8.88. The summed E-state index contributed by atoms with van der Waals surface area (Å²) in [6.07, 6.45) is 2.09. The Morgan fingerprint density at radius 2 is 1.95 bits per heavy atom. The highest BCUT2D eigenvalue weighted by Gasteiger charge is 2.32. The number of aromatic nitrogens is 1. The van der Waals surface area contributed by atoms with Crippen LogP contribution in [0.25, 0.3) is 0 Å². The first kappa shape index (κ1) is 13.6. The lowest BCUT2D eigenvalue weighted by atomic mass is 10.1. The predicted molar refractivity (Wildman–Crippen MR) is 90.6 cm³/mol. The van der Waals surface area contributed by atoms with Gasteiger partial charge in [-0.25, -0.2) is 4.79 Å². The Balaban J connectivity index is 1.67. The second kappa shape index (κ2) is 5.62. The third-order valence-corrected chi connectivity index (χ3v) is 5.57. The summed E-state index contributed by atoms with van der Waals surface area (Å²) in [7, 11) is 0. The highest BCUT2D eigenvalue weighted by atomic mass is 32.1. The third-order valence-electron chi connectivity index (χ3n) is 3.86. The number of rotatable bonds is 2. The topological polar surface area (TPSA) is 37.3 Å². The molecular formula is C16H15N3OS2. The molecule has 0 unspecified atom stereocenters. The molecule has 6 heteroatoms. The lowest BCUT2D eigenvalue weighted by Gasteiger charge is -2.36. The van der Waals surface area contributed by atoms with Crippen molar-refractivity contribution in [1.29, 1.82) is 0 Å². The maximum Gasteiger partial charge on any atom is 0.323 e. The lowest BCUT2D eigenvalue weighted by Crippen LogP contribution is -2.44. The molecule has 4 rings (SSSR count). The van der Waals surface area contributed by atoms with Crippen LogP contribution in [0.15, 0.2) is 53.4 Å². The quantitative estimate of drug-likeness (QED) is 0.750. The summed E-state index contributed by atoms with van der Waals surface area (Å²) in [6, 6.07) is 12.1. The van der Waals surface area contributed by atoms with E-state index in [1.165, 1.54) is 10.6 Å². The Morgan fingerprint density at radius 3 is 2.73 bits per heavy atom. The highest BCUT2D eigenvalue weighted by molar-refractivity contribution is 7.14. The van der Waals surface area contributed by atoms with Crippen molar-refractivity contribution in [3.63, 3.8) is 0 Å². The minimum atomic E-state index is -0.0340. The molecule has 3 aromatic heterocycles. The second-order valence-corrected chi connectivity index (χ2v) is 7.07. The van der Waals surface area contributed by atoms with E-state index in [-0.39, 0.29) is 12.1 Å². The number of nitrogens with zero attached hydrogens (tertiary/aromatic N) is 2. The van der Waals surface area contributed by atoms with Crippen LogP contribution in [-0.4, -0.2) is 22.0 Å². The van der Waals surface area contributed by atoms with Gasteiger partial charge < -0.3 is 9.47 Å². The zero-order valence-corrected chi connectivity index (χ0v) is 13.4. The fraction of sp³-hybridized carbons (Fsp3) is 0.188. The van der Waals surface area contributed by atoms with E-state index in [0.29, 0.717) is 6.54 Å². The van der Waals surface area contributed by atoms with Gasteiger partial charge in [0, 0.05) is 29.9 Å². The molecule has 4 nitrogen and oxygen atoms in total. The van der Waals surface area contributed by atoms with Gasteiger partial charge in [0.25, 0.3) is 0 Å². The van der Waals surface area contributed by atoms with Crippen LogP contribution in [-0.2, 0) is 6.54 Å². The van der Waals surface area contributed by atoms with E-state index in [1.54, 1.807) is 22.7 Å². The number of amides is 2. The average molecular weight is 329 g/mol. The molecule has 1 aliphatic heterocycles. The molecule has 0 fully saturated rings. The zero-order chi connectivity index (χ0) is 14.9. The Labute approximate surface area is 136 Å². The van der Waals surface area contributed by atoms with Gasteiger partial charge in [0.05, 0.1) is 5.00 Å². The van der Waals surface area contributed by atoms with Gasteiger partial charge in [0.1, 0.15) is 6.04 Å². The molecule has 0 bridgehead atoms. The number of urea groups is 1. The van der Waals surface area contributed by atoms with E-state index in [0.717, 1.165) is 11.5 Å². The van der Waals surface area contributed by atoms with Gasteiger partial charge in [-0.2, -0.15) is 0 Å². The van der Waals surface area contributed by atoms with Crippen molar-refractivity contribution in [3.8, 4) is 0 Å². The standard InChI is InChI=1S/C16H15N3OS2/c20-16(17-14-6-3-11-22-14)19-9-8-18-7-1-4-12(18)15(19)13-5-2-10-21-13/h1-7,10-11,15H,8-9H2,(H,17,20)/t15-/m1/s1. The Bertz CT molecular complexity index is 761. The molecule has 4 heterocycles. The maximum absolute atomic E-state index is 12.7. The fourth-order valence-corrected chi connectivity index (χ4v) is 4.33. The van der Waals surface area contributed by atoms with Crippen LogP contribution in [0.4, 0.5) is 9.80 Å². The molecule has 3 aromatic rings. The van der Waals surface area contributed by atoms with Crippen molar-refractivity contribution in [2.24, 2.45) is 0 Å². The van der Waals surface area contributed by atoms with Crippen LogP contribution in [0.1, 0.15) is 16.6 Å². The van der Waals surface area contributed by atoms with E-state index in [9.17, 15) is 4.79 Å². The number of anilines is 1. The van der Waals surface area contributed by atoms with Crippen LogP contribution in [0.3, 0.4) is 0 Å². The summed E-state index contributed by atoms with van der Waals surface area (Å²) in [5, 5.41) is 7.92. The third kappa shape index (κ3) is 2.34. The molecule has 0 spiro atoms. The van der Waals surface area contributed by atoms with Gasteiger partial charge in [0.15, 0.2) is 0 Å². The summed E-state index contributed by atoms with van der Waals surface area (Å²) >= 11 is 3.23. The summed E-state index contributed by atoms with van der Waals surface area (Å²) in [5.74, 6) is 0. The van der Waals surface area contributed by atoms with Crippen LogP contribution in [0.2, 0.25) is 0 Å². The van der Waals surface area contributed by atoms with Gasteiger partial charge >= 0.3 is 6.03 Å². The molecule has 2 amide bonds. The second-order valence-electron chi connectivity index (χ2n) is 5.15. The van der Waals surface area contributed by atoms with E-state index < -0.39 is 0 Å². The Hall–Kier alpha value is -2.05. The molecular weight excluding hydrogens is 314 g/mol. The van der Waals surface area contributed by atoms with Crippen LogP contribution < -0.4 is 5.32 Å². The fourth-order valence-electron chi connectivity index (χ4n) is 2.88. The maximum atomic E-state index is 12.7. The van der Waals surface area contributed by atoms with Crippen molar-refractivity contribution in [3.05, 3.63) is 63.9 Å². The SMILES string of the molecule is O=C(Nc1cccs1)N1CCn2cccc2[C@@H]1c1cccs1. The largest absolute Gasteiger partial charge is 0.347 e. The van der Waals surface area contributed by atoms with Crippen molar-refractivity contribution < 1.29 is 4.79 Å². The number of nitrogens with one attached hydrogen (secondary N) is 1. The predicted octanol–water partition coefficient (Wildman–Crippen LogP) is 4.25. The molecule has 0 saturated heterocycles. The first-order valence-electron chi connectivity index (χ1n) is 7.12. The Kier molecular flexibility index (Phi) is 3.48. The highest BCUT2D eigenvalue weighted by Crippen LogP contribution is 2.35. The van der Waals surface area contributed by atoms with E-state index >= 15 is 0 Å². The molecule has 22 heavy (non-hydrogen) atoms. The molecule has 0 aromatic carbocycles. The number of carbonyl (C=O) groups excluding carboxylic acids is 1. The number of hydrogen-bond donors (Lipinski definition) is 1. The van der Waals surface area contributed by atoms with E-state index in [4.69, 9.17) is 0 Å². The smallest absolute Gasteiger partial charge is 0.323 e. The molecule has 112 valence electrons. The monoisotopic (exact) mass is 329 g/mol. The van der Waals surface area contributed by atoms with Crippen LogP contribution in [0.5, 0.6) is 0 Å². The van der Waals surface area contributed by atoms with Crippen molar-refractivity contribution in [2.45, 2.75) is 12.6 Å².